The molecule has 0 spiro atoms. The van der Waals surface area contributed by atoms with Gasteiger partial charge in [0.1, 0.15) is 10.7 Å². The summed E-state index contributed by atoms with van der Waals surface area (Å²) in [6.45, 7) is 0.654. The molecule has 2 aromatic rings. The number of nitrogens with zero attached hydrogens (tertiary/aromatic N) is 3. The van der Waals surface area contributed by atoms with Crippen LogP contribution in [0.15, 0.2) is 16.8 Å². The first-order chi connectivity index (χ1) is 10.1. The lowest BCUT2D eigenvalue weighted by Crippen LogP contribution is -2.32. The summed E-state index contributed by atoms with van der Waals surface area (Å²) in [7, 11) is 3.80. The number of hydrogen-bond donors (Lipinski definition) is 1. The number of hydrogen-bond acceptors (Lipinski definition) is 6. The van der Waals surface area contributed by atoms with E-state index in [1.807, 2.05) is 29.3 Å². The maximum absolute atomic E-state index is 12.8. The van der Waals surface area contributed by atoms with E-state index in [2.05, 4.69) is 16.4 Å². The van der Waals surface area contributed by atoms with Crippen LogP contribution in [0.5, 0.6) is 0 Å². The molecule has 1 amide bonds. The lowest BCUT2D eigenvalue weighted by molar-refractivity contribution is 0.0736. The van der Waals surface area contributed by atoms with Gasteiger partial charge in [-0.25, -0.2) is 4.98 Å². The van der Waals surface area contributed by atoms with Gasteiger partial charge in [-0.3, -0.25) is 4.79 Å². The van der Waals surface area contributed by atoms with E-state index < -0.39 is 0 Å². The van der Waals surface area contributed by atoms with E-state index >= 15 is 0 Å². The number of nitrogens with two attached hydrogens (primary N) is 1. The van der Waals surface area contributed by atoms with Crippen molar-refractivity contribution in [2.75, 3.05) is 24.7 Å². The van der Waals surface area contributed by atoms with Crippen molar-refractivity contribution in [3.05, 3.63) is 27.3 Å². The highest BCUT2D eigenvalue weighted by atomic mass is 32.1. The molecule has 1 fully saturated rings. The summed E-state index contributed by atoms with van der Waals surface area (Å²) < 4.78 is 0. The number of aromatic nitrogens is 1. The van der Waals surface area contributed by atoms with Crippen LogP contribution in [0.25, 0.3) is 0 Å². The van der Waals surface area contributed by atoms with Crippen LogP contribution in [0.3, 0.4) is 0 Å². The molecule has 1 aliphatic rings. The maximum Gasteiger partial charge on any atom is 0.268 e. The zero-order chi connectivity index (χ0) is 15.0. The summed E-state index contributed by atoms with van der Waals surface area (Å²) in [6.07, 6.45) is 2.16. The second-order valence-corrected chi connectivity index (χ2v) is 7.16. The average Bonchev–Trinajstić information content (AvgIpc) is 3.00. The predicted octanol–water partition coefficient (Wildman–Crippen LogP) is 2.66. The zero-order valence-corrected chi connectivity index (χ0v) is 13.7. The van der Waals surface area contributed by atoms with Crippen molar-refractivity contribution in [2.45, 2.75) is 25.4 Å². The predicted molar refractivity (Wildman–Crippen MR) is 88.1 cm³/mol. The molecule has 2 N–H and O–H groups in total. The van der Waals surface area contributed by atoms with Gasteiger partial charge < -0.3 is 15.5 Å². The van der Waals surface area contributed by atoms with Crippen molar-refractivity contribution in [1.82, 2.24) is 9.88 Å². The van der Waals surface area contributed by atoms with Gasteiger partial charge >= 0.3 is 0 Å². The van der Waals surface area contributed by atoms with Crippen molar-refractivity contribution in [2.24, 2.45) is 0 Å². The normalized spacial score (nSPS) is 14.2. The van der Waals surface area contributed by atoms with Crippen LogP contribution in [0.2, 0.25) is 0 Å². The van der Waals surface area contributed by atoms with E-state index in [9.17, 15) is 4.79 Å². The minimum Gasteiger partial charge on any atom is -0.382 e. The fourth-order valence-corrected chi connectivity index (χ4v) is 3.65. The maximum atomic E-state index is 12.8. The molecule has 2 aromatic heterocycles. The van der Waals surface area contributed by atoms with Gasteiger partial charge in [-0.2, -0.15) is 11.3 Å². The van der Waals surface area contributed by atoms with E-state index in [-0.39, 0.29) is 5.91 Å². The van der Waals surface area contributed by atoms with Crippen molar-refractivity contribution >= 4 is 39.5 Å². The highest BCUT2D eigenvalue weighted by Crippen LogP contribution is 2.34. The number of thiazole rings is 1. The molecule has 1 saturated carbocycles. The van der Waals surface area contributed by atoms with Crippen LogP contribution in [0, 0.1) is 0 Å². The number of carbonyl (C=O) groups excluding carboxylic acids is 1. The Hall–Kier alpha value is -1.60. The van der Waals surface area contributed by atoms with Gasteiger partial charge in [0, 0.05) is 26.7 Å². The Balaban J connectivity index is 1.84. The van der Waals surface area contributed by atoms with Gasteiger partial charge in [0.15, 0.2) is 5.13 Å². The molecule has 0 saturated heterocycles. The fraction of sp³-hybridized carbons (Fsp3) is 0.429. The largest absolute Gasteiger partial charge is 0.382 e. The molecular weight excluding hydrogens is 304 g/mol. The highest BCUT2D eigenvalue weighted by molar-refractivity contribution is 7.18. The van der Waals surface area contributed by atoms with E-state index in [0.29, 0.717) is 23.3 Å². The van der Waals surface area contributed by atoms with Crippen molar-refractivity contribution in [1.29, 1.82) is 0 Å². The van der Waals surface area contributed by atoms with Crippen molar-refractivity contribution < 1.29 is 4.79 Å². The van der Waals surface area contributed by atoms with Crippen LogP contribution in [0.1, 0.15) is 28.1 Å². The number of anilines is 2. The lowest BCUT2D eigenvalue weighted by atomic mass is 10.3. The Kier molecular flexibility index (Phi) is 3.86. The molecule has 0 aromatic carbocycles. The Morgan fingerprint density at radius 2 is 2.24 bits per heavy atom. The number of carbonyl (C=O) groups is 1. The monoisotopic (exact) mass is 322 g/mol. The summed E-state index contributed by atoms with van der Waals surface area (Å²) in [5.74, 6) is 0.344. The third-order valence-electron chi connectivity index (χ3n) is 3.40. The van der Waals surface area contributed by atoms with Gasteiger partial charge in [0.25, 0.3) is 5.91 Å². The van der Waals surface area contributed by atoms with Crippen LogP contribution < -0.4 is 10.6 Å². The molecular formula is C14H18N4OS2. The molecule has 0 bridgehead atoms. The van der Waals surface area contributed by atoms with E-state index in [0.717, 1.165) is 18.0 Å². The van der Waals surface area contributed by atoms with Crippen molar-refractivity contribution in [3.8, 4) is 0 Å². The number of thiophene rings is 1. The van der Waals surface area contributed by atoms with Crippen LogP contribution in [0.4, 0.5) is 10.9 Å². The number of amides is 1. The standard InChI is InChI=1S/C14H18N4OS2/c1-17(2)14-16-12(15)11(21-14)13(19)18(10-3-4-10)7-9-5-6-20-8-9/h5-6,8,10H,3-4,7,15H2,1-2H3. The minimum atomic E-state index is 0.00630. The number of nitrogen functional groups attached to an aromatic ring is 1. The molecule has 21 heavy (non-hydrogen) atoms. The van der Waals surface area contributed by atoms with Gasteiger partial charge in [0.2, 0.25) is 0 Å². The molecule has 7 heteroatoms. The summed E-state index contributed by atoms with van der Waals surface area (Å²) in [6, 6.07) is 2.41. The Morgan fingerprint density at radius 3 is 2.76 bits per heavy atom. The molecule has 0 unspecified atom stereocenters. The smallest absolute Gasteiger partial charge is 0.268 e. The van der Waals surface area contributed by atoms with E-state index in [4.69, 9.17) is 5.73 Å². The lowest BCUT2D eigenvalue weighted by Gasteiger charge is -2.21. The molecule has 0 atom stereocenters. The second kappa shape index (κ2) is 5.65. The van der Waals surface area contributed by atoms with Crippen LogP contribution >= 0.6 is 22.7 Å². The molecule has 3 rings (SSSR count). The molecule has 0 radical (unpaired) electrons. The first-order valence-electron chi connectivity index (χ1n) is 6.82. The topological polar surface area (TPSA) is 62.5 Å². The first kappa shape index (κ1) is 14.3. The van der Waals surface area contributed by atoms with E-state index in [1.165, 1.54) is 16.9 Å². The number of rotatable bonds is 5. The fourth-order valence-electron chi connectivity index (χ4n) is 2.13. The zero-order valence-electron chi connectivity index (χ0n) is 12.1. The molecule has 5 nitrogen and oxygen atoms in total. The van der Waals surface area contributed by atoms with Gasteiger partial charge in [-0.05, 0) is 35.2 Å². The quantitative estimate of drug-likeness (QED) is 0.919. The van der Waals surface area contributed by atoms with Crippen LogP contribution in [-0.4, -0.2) is 35.9 Å². The average molecular weight is 322 g/mol. The summed E-state index contributed by atoms with van der Waals surface area (Å²) in [4.78, 5) is 21.4. The molecule has 0 aliphatic heterocycles. The highest BCUT2D eigenvalue weighted by Gasteiger charge is 2.35. The van der Waals surface area contributed by atoms with Crippen molar-refractivity contribution in [3.63, 3.8) is 0 Å². The Labute approximate surface area is 132 Å². The van der Waals surface area contributed by atoms with Gasteiger partial charge in [-0.1, -0.05) is 11.3 Å². The summed E-state index contributed by atoms with van der Waals surface area (Å²) in [5, 5.41) is 4.89. The Morgan fingerprint density at radius 1 is 1.48 bits per heavy atom. The SMILES string of the molecule is CN(C)c1nc(N)c(C(=O)N(Cc2ccsc2)C2CC2)s1. The minimum absolute atomic E-state index is 0.00630. The first-order valence-corrected chi connectivity index (χ1v) is 8.58. The molecule has 2 heterocycles. The summed E-state index contributed by atoms with van der Waals surface area (Å²) >= 11 is 3.02. The molecule has 1 aliphatic carbocycles. The van der Waals surface area contributed by atoms with Gasteiger partial charge in [-0.15, -0.1) is 0 Å². The third-order valence-corrected chi connectivity index (χ3v) is 5.36. The van der Waals surface area contributed by atoms with E-state index in [1.54, 1.807) is 11.3 Å². The van der Waals surface area contributed by atoms with Gasteiger partial charge in [0.05, 0.1) is 0 Å². The summed E-state index contributed by atoms with van der Waals surface area (Å²) in [5.41, 5.74) is 7.12. The molecule has 112 valence electrons. The third kappa shape index (κ3) is 3.03. The Bertz CT molecular complexity index is 631. The van der Waals surface area contributed by atoms with Crippen LogP contribution in [-0.2, 0) is 6.54 Å². The second-order valence-electron chi connectivity index (χ2n) is 5.40.